The first kappa shape index (κ1) is 15.9. The largest absolute Gasteiger partial charge is 0.481 e. The van der Waals surface area contributed by atoms with Crippen LogP contribution >= 0.6 is 0 Å². The molecule has 0 aliphatic carbocycles. The van der Waals surface area contributed by atoms with Gasteiger partial charge >= 0.3 is 5.97 Å². The molecule has 118 valence electrons. The normalized spacial score (nSPS) is 23.9. The lowest BCUT2D eigenvalue weighted by molar-refractivity contribution is -0.151. The van der Waals surface area contributed by atoms with Crippen molar-refractivity contribution in [1.29, 1.82) is 0 Å². The Morgan fingerprint density at radius 3 is 2.57 bits per heavy atom. The van der Waals surface area contributed by atoms with Gasteiger partial charge in [0.2, 0.25) is 5.89 Å². The van der Waals surface area contributed by atoms with Gasteiger partial charge in [0, 0.05) is 12.0 Å². The summed E-state index contributed by atoms with van der Waals surface area (Å²) in [5, 5.41) is 13.6. The predicted molar refractivity (Wildman–Crippen MR) is 77.8 cm³/mol. The highest BCUT2D eigenvalue weighted by molar-refractivity contribution is 5.75. The molecule has 1 aliphatic rings. The minimum Gasteiger partial charge on any atom is -0.481 e. The van der Waals surface area contributed by atoms with Gasteiger partial charge in [-0.15, -0.1) is 0 Å². The summed E-state index contributed by atoms with van der Waals surface area (Å²) in [5.74, 6) is 0.647. The van der Waals surface area contributed by atoms with Gasteiger partial charge in [-0.3, -0.25) is 9.69 Å². The maximum absolute atomic E-state index is 11.6. The monoisotopic (exact) mass is 295 g/mol. The molecular weight excluding hydrogens is 270 g/mol. The maximum Gasteiger partial charge on any atom is 0.311 e. The molecule has 21 heavy (non-hydrogen) atoms. The Labute approximate surface area is 125 Å². The molecule has 1 aromatic heterocycles. The summed E-state index contributed by atoms with van der Waals surface area (Å²) in [6.07, 6.45) is 0.671. The molecule has 1 aliphatic heterocycles. The standard InChI is InChI=1S/C15H25N3O3/c1-10(2)15(13(19)20)6-7-18(9-15)8-11-16-12(21-17-11)14(3,4)5/h10H,6-9H2,1-5H3,(H,19,20). The summed E-state index contributed by atoms with van der Waals surface area (Å²) in [5.41, 5.74) is -0.824. The van der Waals surface area contributed by atoms with Crippen molar-refractivity contribution in [3.63, 3.8) is 0 Å². The van der Waals surface area contributed by atoms with Crippen LogP contribution in [0, 0.1) is 11.3 Å². The van der Waals surface area contributed by atoms with E-state index in [1.807, 2.05) is 34.6 Å². The van der Waals surface area contributed by atoms with Gasteiger partial charge in [0.1, 0.15) is 0 Å². The van der Waals surface area contributed by atoms with Crippen molar-refractivity contribution in [3.05, 3.63) is 11.7 Å². The van der Waals surface area contributed by atoms with Gasteiger partial charge in [-0.05, 0) is 18.9 Å². The molecule has 0 radical (unpaired) electrons. The van der Waals surface area contributed by atoms with Crippen LogP contribution in [-0.4, -0.2) is 39.2 Å². The molecule has 1 fully saturated rings. The zero-order chi connectivity index (χ0) is 15.8. The van der Waals surface area contributed by atoms with Gasteiger partial charge in [-0.1, -0.05) is 39.8 Å². The topological polar surface area (TPSA) is 79.5 Å². The Kier molecular flexibility index (Phi) is 4.10. The lowest BCUT2D eigenvalue weighted by atomic mass is 9.76. The van der Waals surface area contributed by atoms with Crippen molar-refractivity contribution in [2.45, 2.75) is 53.0 Å². The number of aliphatic carboxylic acids is 1. The summed E-state index contributed by atoms with van der Waals surface area (Å²) >= 11 is 0. The average Bonchev–Trinajstić information content (AvgIpc) is 2.96. The number of carboxylic acid groups (broad SMARTS) is 1. The third kappa shape index (κ3) is 3.10. The Bertz CT molecular complexity index is 518. The van der Waals surface area contributed by atoms with E-state index < -0.39 is 11.4 Å². The number of carbonyl (C=O) groups is 1. The summed E-state index contributed by atoms with van der Waals surface area (Å²) in [4.78, 5) is 18.1. The van der Waals surface area contributed by atoms with Crippen LogP contribution in [-0.2, 0) is 16.8 Å². The molecular formula is C15H25N3O3. The summed E-state index contributed by atoms with van der Waals surface area (Å²) < 4.78 is 5.28. The average molecular weight is 295 g/mol. The third-order valence-corrected chi connectivity index (χ3v) is 4.39. The smallest absolute Gasteiger partial charge is 0.311 e. The van der Waals surface area contributed by atoms with E-state index in [4.69, 9.17) is 4.52 Å². The fourth-order valence-corrected chi connectivity index (χ4v) is 2.77. The summed E-state index contributed by atoms with van der Waals surface area (Å²) in [6.45, 7) is 11.9. The molecule has 1 aromatic rings. The second kappa shape index (κ2) is 5.40. The highest BCUT2D eigenvalue weighted by atomic mass is 16.5. The van der Waals surface area contributed by atoms with Crippen molar-refractivity contribution in [1.82, 2.24) is 15.0 Å². The Morgan fingerprint density at radius 2 is 2.14 bits per heavy atom. The quantitative estimate of drug-likeness (QED) is 0.918. The third-order valence-electron chi connectivity index (χ3n) is 4.39. The molecule has 1 atom stereocenters. The second-order valence-electron chi connectivity index (χ2n) is 7.34. The number of aromatic nitrogens is 2. The summed E-state index contributed by atoms with van der Waals surface area (Å²) in [7, 11) is 0. The van der Waals surface area contributed by atoms with Gasteiger partial charge in [0.15, 0.2) is 5.82 Å². The maximum atomic E-state index is 11.6. The van der Waals surface area contributed by atoms with E-state index in [0.717, 1.165) is 6.54 Å². The summed E-state index contributed by atoms with van der Waals surface area (Å²) in [6, 6.07) is 0. The van der Waals surface area contributed by atoms with Crippen molar-refractivity contribution >= 4 is 5.97 Å². The van der Waals surface area contributed by atoms with Crippen molar-refractivity contribution in [3.8, 4) is 0 Å². The number of hydrogen-bond donors (Lipinski definition) is 1. The lowest BCUT2D eigenvalue weighted by Gasteiger charge is -2.28. The van der Waals surface area contributed by atoms with E-state index in [2.05, 4.69) is 15.0 Å². The number of likely N-dealkylation sites (tertiary alicyclic amines) is 1. The van der Waals surface area contributed by atoms with E-state index >= 15 is 0 Å². The van der Waals surface area contributed by atoms with Crippen LogP contribution in [0.3, 0.4) is 0 Å². The minimum atomic E-state index is -0.705. The van der Waals surface area contributed by atoms with Crippen LogP contribution in [0.5, 0.6) is 0 Å². The molecule has 0 bridgehead atoms. The lowest BCUT2D eigenvalue weighted by Crippen LogP contribution is -2.39. The van der Waals surface area contributed by atoms with E-state index in [9.17, 15) is 9.90 Å². The van der Waals surface area contributed by atoms with Gasteiger partial charge in [-0.2, -0.15) is 4.98 Å². The molecule has 0 saturated carbocycles. The fourth-order valence-electron chi connectivity index (χ4n) is 2.77. The molecule has 6 heteroatoms. The highest BCUT2D eigenvalue weighted by Crippen LogP contribution is 2.38. The molecule has 0 aromatic carbocycles. The molecule has 1 unspecified atom stereocenters. The Hall–Kier alpha value is -1.43. The highest BCUT2D eigenvalue weighted by Gasteiger charge is 2.47. The molecule has 0 amide bonds. The van der Waals surface area contributed by atoms with Crippen molar-refractivity contribution in [2.24, 2.45) is 11.3 Å². The first-order valence-corrected chi connectivity index (χ1v) is 7.44. The number of rotatable bonds is 4. The van der Waals surface area contributed by atoms with Crippen LogP contribution < -0.4 is 0 Å². The first-order valence-electron chi connectivity index (χ1n) is 7.44. The van der Waals surface area contributed by atoms with Gasteiger partial charge in [0.25, 0.3) is 0 Å². The van der Waals surface area contributed by atoms with Gasteiger partial charge in [-0.25, -0.2) is 0 Å². The van der Waals surface area contributed by atoms with E-state index in [0.29, 0.717) is 31.2 Å². The Balaban J connectivity index is 2.06. The van der Waals surface area contributed by atoms with Crippen LogP contribution in [0.25, 0.3) is 0 Å². The van der Waals surface area contributed by atoms with E-state index in [1.54, 1.807) is 0 Å². The molecule has 2 heterocycles. The minimum absolute atomic E-state index is 0.107. The van der Waals surface area contributed by atoms with Crippen LogP contribution in [0.2, 0.25) is 0 Å². The number of nitrogens with zero attached hydrogens (tertiary/aromatic N) is 3. The van der Waals surface area contributed by atoms with Gasteiger partial charge in [0.05, 0.1) is 12.0 Å². The number of carboxylic acids is 1. The zero-order valence-corrected chi connectivity index (χ0v) is 13.5. The van der Waals surface area contributed by atoms with Crippen LogP contribution in [0.1, 0.15) is 52.8 Å². The molecule has 6 nitrogen and oxygen atoms in total. The Morgan fingerprint density at radius 1 is 1.48 bits per heavy atom. The molecule has 1 saturated heterocycles. The molecule has 2 rings (SSSR count). The zero-order valence-electron chi connectivity index (χ0n) is 13.5. The predicted octanol–water partition coefficient (Wildman–Crippen LogP) is 2.30. The van der Waals surface area contributed by atoms with E-state index in [1.165, 1.54) is 0 Å². The van der Waals surface area contributed by atoms with Crippen molar-refractivity contribution < 1.29 is 14.4 Å². The van der Waals surface area contributed by atoms with Crippen LogP contribution in [0.15, 0.2) is 4.52 Å². The fraction of sp³-hybridized carbons (Fsp3) is 0.800. The SMILES string of the molecule is CC(C)C1(C(=O)O)CCN(Cc2noc(C(C)(C)C)n2)C1. The van der Waals surface area contributed by atoms with E-state index in [-0.39, 0.29) is 11.3 Å². The molecule has 0 spiro atoms. The first-order chi connectivity index (χ1) is 9.65. The second-order valence-corrected chi connectivity index (χ2v) is 7.34. The molecule has 1 N–H and O–H groups in total. The number of hydrogen-bond acceptors (Lipinski definition) is 5. The van der Waals surface area contributed by atoms with Crippen LogP contribution in [0.4, 0.5) is 0 Å². The van der Waals surface area contributed by atoms with Crippen molar-refractivity contribution in [2.75, 3.05) is 13.1 Å². The van der Waals surface area contributed by atoms with Gasteiger partial charge < -0.3 is 9.63 Å².